The topological polar surface area (TPSA) is 12.0 Å². The molecule has 2 rings (SSSR count). The predicted octanol–water partition coefficient (Wildman–Crippen LogP) is 4.70. The average molecular weight is 310 g/mol. The highest BCUT2D eigenvalue weighted by Gasteiger charge is 2.16. The van der Waals surface area contributed by atoms with Gasteiger partial charge in [-0.15, -0.1) is 11.8 Å². The minimum atomic E-state index is -0.323. The first-order valence-electron chi connectivity index (χ1n) is 6.40. The molecular weight excluding hydrogens is 293 g/mol. The van der Waals surface area contributed by atoms with Crippen molar-refractivity contribution in [1.29, 1.82) is 0 Å². The van der Waals surface area contributed by atoms with Crippen LogP contribution in [0.5, 0.6) is 0 Å². The van der Waals surface area contributed by atoms with E-state index >= 15 is 0 Å². The fourth-order valence-corrected chi connectivity index (χ4v) is 3.10. The third-order valence-corrected chi connectivity index (χ3v) is 4.42. The van der Waals surface area contributed by atoms with Gasteiger partial charge in [-0.1, -0.05) is 41.9 Å². The maximum absolute atomic E-state index is 14.0. The molecule has 1 atom stereocenters. The molecule has 0 aliphatic heterocycles. The van der Waals surface area contributed by atoms with E-state index in [1.54, 1.807) is 30.0 Å². The molecule has 0 fully saturated rings. The maximum Gasteiger partial charge on any atom is 0.145 e. The third-order valence-electron chi connectivity index (χ3n) is 3.32. The Morgan fingerprint density at radius 3 is 2.65 bits per heavy atom. The summed E-state index contributed by atoms with van der Waals surface area (Å²) in [5.41, 5.74) is 1.81. The predicted molar refractivity (Wildman–Crippen MR) is 85.1 cm³/mol. The monoisotopic (exact) mass is 309 g/mol. The molecule has 0 saturated heterocycles. The molecule has 0 radical (unpaired) electrons. The molecule has 20 heavy (non-hydrogen) atoms. The quantitative estimate of drug-likeness (QED) is 0.803. The van der Waals surface area contributed by atoms with Gasteiger partial charge in [0.2, 0.25) is 0 Å². The van der Waals surface area contributed by atoms with Gasteiger partial charge < -0.3 is 5.32 Å². The number of likely N-dealkylation sites (N-methyl/N-ethyl adjacent to an activating group) is 1. The number of nitrogens with one attached hydrogen (secondary N) is 1. The van der Waals surface area contributed by atoms with Crippen LogP contribution in [0, 0.1) is 5.82 Å². The molecule has 2 aromatic rings. The normalized spacial score (nSPS) is 12.4. The maximum atomic E-state index is 14.0. The zero-order valence-corrected chi connectivity index (χ0v) is 13.1. The minimum Gasteiger partial charge on any atom is -0.313 e. The van der Waals surface area contributed by atoms with E-state index in [9.17, 15) is 4.39 Å². The minimum absolute atomic E-state index is 0.0617. The van der Waals surface area contributed by atoms with Crippen LogP contribution >= 0.6 is 23.4 Å². The summed E-state index contributed by atoms with van der Waals surface area (Å²) in [5.74, 6) is -0.323. The van der Waals surface area contributed by atoms with Crippen molar-refractivity contribution in [1.82, 2.24) is 5.32 Å². The van der Waals surface area contributed by atoms with Crippen LogP contribution in [0.1, 0.15) is 17.2 Å². The average Bonchev–Trinajstić information content (AvgIpc) is 2.49. The van der Waals surface area contributed by atoms with Gasteiger partial charge in [0.05, 0.1) is 5.02 Å². The lowest BCUT2D eigenvalue weighted by Gasteiger charge is -2.20. The van der Waals surface area contributed by atoms with Gasteiger partial charge in [-0.05, 0) is 43.0 Å². The number of halogens is 2. The van der Waals surface area contributed by atoms with Gasteiger partial charge >= 0.3 is 0 Å². The second kappa shape index (κ2) is 7.11. The molecule has 0 amide bonds. The smallest absolute Gasteiger partial charge is 0.145 e. The van der Waals surface area contributed by atoms with Crippen molar-refractivity contribution in [3.8, 4) is 0 Å². The summed E-state index contributed by atoms with van der Waals surface area (Å²) in [6.45, 7) is 0. The summed E-state index contributed by atoms with van der Waals surface area (Å²) in [6, 6.07) is 13.4. The second-order valence-electron chi connectivity index (χ2n) is 4.50. The van der Waals surface area contributed by atoms with E-state index in [0.29, 0.717) is 12.0 Å². The van der Waals surface area contributed by atoms with Crippen LogP contribution in [0.15, 0.2) is 47.4 Å². The first-order valence-corrected chi connectivity index (χ1v) is 8.00. The van der Waals surface area contributed by atoms with Gasteiger partial charge in [-0.2, -0.15) is 0 Å². The number of benzene rings is 2. The molecule has 0 aliphatic carbocycles. The Hall–Kier alpha value is -1.03. The van der Waals surface area contributed by atoms with Crippen molar-refractivity contribution in [2.45, 2.75) is 17.4 Å². The van der Waals surface area contributed by atoms with Crippen molar-refractivity contribution in [3.05, 3.63) is 64.4 Å². The molecule has 1 N–H and O–H groups in total. The number of thioether (sulfide) groups is 1. The Bertz CT molecular complexity index is 588. The van der Waals surface area contributed by atoms with E-state index in [1.807, 2.05) is 25.4 Å². The van der Waals surface area contributed by atoms with Gasteiger partial charge in [-0.3, -0.25) is 0 Å². The van der Waals surface area contributed by atoms with Crippen molar-refractivity contribution in [3.63, 3.8) is 0 Å². The van der Waals surface area contributed by atoms with Crippen LogP contribution in [-0.4, -0.2) is 13.3 Å². The molecule has 2 aromatic carbocycles. The first-order chi connectivity index (χ1) is 9.67. The summed E-state index contributed by atoms with van der Waals surface area (Å²) >= 11 is 7.54. The van der Waals surface area contributed by atoms with E-state index in [2.05, 4.69) is 17.4 Å². The van der Waals surface area contributed by atoms with Crippen molar-refractivity contribution >= 4 is 23.4 Å². The molecule has 1 unspecified atom stereocenters. The highest BCUT2D eigenvalue weighted by atomic mass is 35.5. The Labute approximate surface area is 128 Å². The molecule has 1 nitrogen and oxygen atoms in total. The van der Waals surface area contributed by atoms with Crippen LogP contribution in [0.3, 0.4) is 0 Å². The molecule has 4 heteroatoms. The molecule has 0 heterocycles. The largest absolute Gasteiger partial charge is 0.313 e. The standard InChI is InChI=1S/C16H17ClFNS/c1-19-14(12-7-3-4-9-15(12)20-2)10-11-6-5-8-13(17)16(11)18/h3-9,14,19H,10H2,1-2H3. The number of rotatable bonds is 5. The van der Waals surface area contributed by atoms with Crippen LogP contribution in [-0.2, 0) is 6.42 Å². The lowest BCUT2D eigenvalue weighted by atomic mass is 9.98. The van der Waals surface area contributed by atoms with Crippen LogP contribution in [0.2, 0.25) is 5.02 Å². The highest BCUT2D eigenvalue weighted by Crippen LogP contribution is 2.29. The van der Waals surface area contributed by atoms with Gasteiger partial charge in [-0.25, -0.2) is 4.39 Å². The number of hydrogen-bond donors (Lipinski definition) is 1. The Kier molecular flexibility index (Phi) is 5.46. The fourth-order valence-electron chi connectivity index (χ4n) is 2.25. The second-order valence-corrected chi connectivity index (χ2v) is 5.76. The van der Waals surface area contributed by atoms with Gasteiger partial charge in [0.25, 0.3) is 0 Å². The van der Waals surface area contributed by atoms with Crippen molar-refractivity contribution in [2.75, 3.05) is 13.3 Å². The first kappa shape index (κ1) is 15.4. The molecule has 0 aliphatic rings. The summed E-state index contributed by atoms with van der Waals surface area (Å²) in [5, 5.41) is 3.44. The van der Waals surface area contributed by atoms with Crippen LogP contribution in [0.4, 0.5) is 4.39 Å². The SMILES string of the molecule is CNC(Cc1cccc(Cl)c1F)c1ccccc1SC. The summed E-state index contributed by atoms with van der Waals surface area (Å²) in [4.78, 5) is 1.20. The summed E-state index contributed by atoms with van der Waals surface area (Å²) in [6.07, 6.45) is 2.62. The van der Waals surface area contributed by atoms with Crippen LogP contribution < -0.4 is 5.32 Å². The molecule has 0 aromatic heterocycles. The van der Waals surface area contributed by atoms with Crippen molar-refractivity contribution < 1.29 is 4.39 Å². The fraction of sp³-hybridized carbons (Fsp3) is 0.250. The molecule has 0 spiro atoms. The van der Waals surface area contributed by atoms with Crippen LogP contribution in [0.25, 0.3) is 0 Å². The lowest BCUT2D eigenvalue weighted by molar-refractivity contribution is 0.549. The summed E-state index contributed by atoms with van der Waals surface area (Å²) < 4.78 is 14.0. The lowest BCUT2D eigenvalue weighted by Crippen LogP contribution is -2.20. The Balaban J connectivity index is 2.31. The van der Waals surface area contributed by atoms with E-state index in [4.69, 9.17) is 11.6 Å². The van der Waals surface area contributed by atoms with Gasteiger partial charge in [0.1, 0.15) is 5.82 Å². The Morgan fingerprint density at radius 2 is 1.95 bits per heavy atom. The van der Waals surface area contributed by atoms with E-state index in [0.717, 1.165) is 0 Å². The number of hydrogen-bond acceptors (Lipinski definition) is 2. The van der Waals surface area contributed by atoms with E-state index in [-0.39, 0.29) is 16.9 Å². The zero-order valence-electron chi connectivity index (χ0n) is 11.5. The molecular formula is C16H17ClFNS. The summed E-state index contributed by atoms with van der Waals surface area (Å²) in [7, 11) is 1.89. The van der Waals surface area contributed by atoms with E-state index in [1.165, 1.54) is 10.5 Å². The van der Waals surface area contributed by atoms with Gasteiger partial charge in [0, 0.05) is 10.9 Å². The van der Waals surface area contributed by atoms with Gasteiger partial charge in [0.15, 0.2) is 0 Å². The molecule has 106 valence electrons. The highest BCUT2D eigenvalue weighted by molar-refractivity contribution is 7.98. The zero-order chi connectivity index (χ0) is 14.5. The van der Waals surface area contributed by atoms with E-state index < -0.39 is 0 Å². The third kappa shape index (κ3) is 3.35. The van der Waals surface area contributed by atoms with Crippen molar-refractivity contribution in [2.24, 2.45) is 0 Å². The molecule has 0 bridgehead atoms. The molecule has 0 saturated carbocycles. The Morgan fingerprint density at radius 1 is 1.20 bits per heavy atom.